The zero-order chi connectivity index (χ0) is 33.0. The lowest BCUT2D eigenvalue weighted by Crippen LogP contribution is -2.01. The number of fused-ring (bicyclic) bond motifs is 7. The summed E-state index contributed by atoms with van der Waals surface area (Å²) in [6.07, 6.45) is 0. The summed E-state index contributed by atoms with van der Waals surface area (Å²) in [5.74, 6) is 1.97. The predicted octanol–water partition coefficient (Wildman–Crippen LogP) is 12.0. The van der Waals surface area contributed by atoms with Crippen molar-refractivity contribution >= 4 is 53.3 Å². The molecule has 5 heteroatoms. The zero-order valence-electron chi connectivity index (χ0n) is 26.9. The smallest absolute Gasteiger partial charge is 0.165 e. The first-order valence-corrected chi connectivity index (χ1v) is 17.5. The highest BCUT2D eigenvalue weighted by molar-refractivity contribution is 7.27. The Morgan fingerprint density at radius 1 is 0.360 bits per heavy atom. The lowest BCUT2D eigenvalue weighted by Gasteiger charge is -2.12. The minimum atomic E-state index is 0.653. The van der Waals surface area contributed by atoms with E-state index in [4.69, 9.17) is 15.0 Å². The highest BCUT2D eigenvalue weighted by atomic mass is 32.1. The van der Waals surface area contributed by atoms with Crippen LogP contribution in [0.15, 0.2) is 170 Å². The van der Waals surface area contributed by atoms with Gasteiger partial charge in [-0.05, 0) is 41.5 Å². The second-order valence-corrected chi connectivity index (χ2v) is 13.4. The SMILES string of the molecule is c1ccc(-c2nc(-c3ccccc3-c3ccccc3)nc(-c3cccc4c3sc3c4ccc4c3c3ccccc3n4-c3ccccc3)n2)cc1. The van der Waals surface area contributed by atoms with Gasteiger partial charge in [0.25, 0.3) is 0 Å². The number of hydrogen-bond acceptors (Lipinski definition) is 4. The molecule has 0 amide bonds. The monoisotopic (exact) mass is 656 g/mol. The predicted molar refractivity (Wildman–Crippen MR) is 209 cm³/mol. The summed E-state index contributed by atoms with van der Waals surface area (Å²) >= 11 is 1.83. The first-order valence-electron chi connectivity index (χ1n) is 16.7. The molecule has 0 N–H and O–H groups in total. The van der Waals surface area contributed by atoms with Crippen molar-refractivity contribution in [2.24, 2.45) is 0 Å². The van der Waals surface area contributed by atoms with Gasteiger partial charge in [-0.15, -0.1) is 11.3 Å². The molecule has 3 heterocycles. The van der Waals surface area contributed by atoms with Crippen molar-refractivity contribution < 1.29 is 0 Å². The Bertz CT molecular complexity index is 2860. The van der Waals surface area contributed by atoms with Crippen molar-refractivity contribution in [2.45, 2.75) is 0 Å². The van der Waals surface area contributed by atoms with E-state index in [9.17, 15) is 0 Å². The van der Waals surface area contributed by atoms with Crippen LogP contribution >= 0.6 is 11.3 Å². The molecule has 0 spiro atoms. The molecule has 3 aromatic heterocycles. The van der Waals surface area contributed by atoms with Gasteiger partial charge >= 0.3 is 0 Å². The van der Waals surface area contributed by atoms with Crippen LogP contribution in [-0.2, 0) is 0 Å². The molecule has 10 rings (SSSR count). The molecule has 0 saturated heterocycles. The Morgan fingerprint density at radius 3 is 1.70 bits per heavy atom. The van der Waals surface area contributed by atoms with Gasteiger partial charge in [-0.25, -0.2) is 15.0 Å². The van der Waals surface area contributed by atoms with Gasteiger partial charge in [-0.3, -0.25) is 0 Å². The van der Waals surface area contributed by atoms with E-state index >= 15 is 0 Å². The van der Waals surface area contributed by atoms with Gasteiger partial charge in [0, 0.05) is 53.3 Å². The van der Waals surface area contributed by atoms with Gasteiger partial charge in [0.05, 0.1) is 11.0 Å². The molecule has 0 bridgehead atoms. The first-order chi connectivity index (χ1) is 24.8. The normalized spacial score (nSPS) is 11.6. The molecular formula is C45H28N4S. The largest absolute Gasteiger partial charge is 0.309 e. The van der Waals surface area contributed by atoms with Crippen molar-refractivity contribution in [3.05, 3.63) is 170 Å². The van der Waals surface area contributed by atoms with Crippen LogP contribution in [0.1, 0.15) is 0 Å². The minimum absolute atomic E-state index is 0.653. The summed E-state index contributed by atoms with van der Waals surface area (Å²) < 4.78 is 4.81. The van der Waals surface area contributed by atoms with Crippen LogP contribution in [0.3, 0.4) is 0 Å². The van der Waals surface area contributed by atoms with Crippen LogP contribution in [0.4, 0.5) is 0 Å². The Labute approximate surface area is 292 Å². The fraction of sp³-hybridized carbons (Fsp3) is 0. The van der Waals surface area contributed by atoms with E-state index in [0.717, 1.165) is 33.5 Å². The van der Waals surface area contributed by atoms with Crippen LogP contribution in [0.2, 0.25) is 0 Å². The van der Waals surface area contributed by atoms with Crippen LogP contribution in [0.5, 0.6) is 0 Å². The Balaban J connectivity index is 1.24. The van der Waals surface area contributed by atoms with Crippen molar-refractivity contribution in [2.75, 3.05) is 0 Å². The summed E-state index contributed by atoms with van der Waals surface area (Å²) in [6.45, 7) is 0. The fourth-order valence-electron chi connectivity index (χ4n) is 7.22. The number of nitrogens with zero attached hydrogens (tertiary/aromatic N) is 4. The van der Waals surface area contributed by atoms with E-state index in [1.807, 2.05) is 35.6 Å². The molecule has 0 fully saturated rings. The molecule has 0 aliphatic rings. The van der Waals surface area contributed by atoms with Crippen molar-refractivity contribution in [1.29, 1.82) is 0 Å². The average molecular weight is 657 g/mol. The van der Waals surface area contributed by atoms with Gasteiger partial charge in [0.1, 0.15) is 0 Å². The number of rotatable bonds is 5. The maximum Gasteiger partial charge on any atom is 0.165 e. The molecule has 234 valence electrons. The Morgan fingerprint density at radius 2 is 0.920 bits per heavy atom. The van der Waals surface area contributed by atoms with Crippen LogP contribution in [0.25, 0.3) is 93.0 Å². The van der Waals surface area contributed by atoms with E-state index in [0.29, 0.717) is 17.5 Å². The second kappa shape index (κ2) is 11.6. The molecule has 0 unspecified atom stereocenters. The lowest BCUT2D eigenvalue weighted by molar-refractivity contribution is 1.08. The maximum absolute atomic E-state index is 5.24. The Kier molecular flexibility index (Phi) is 6.64. The van der Waals surface area contributed by atoms with E-state index < -0.39 is 0 Å². The fourth-order valence-corrected chi connectivity index (χ4v) is 8.59. The highest BCUT2D eigenvalue weighted by Gasteiger charge is 2.21. The molecule has 50 heavy (non-hydrogen) atoms. The standard InChI is InChI=1S/C45H28N4S/c1-4-15-29(16-5-1)32-21-10-11-22-35(32)44-46-43(30-17-6-2-7-18-30)47-45(48-44)37-25-14-24-33-34-27-28-39-40(42(34)50-41(33)37)36-23-12-13-26-38(36)49(39)31-19-8-3-9-20-31/h1-28H. The van der Waals surface area contributed by atoms with E-state index in [-0.39, 0.29) is 0 Å². The highest BCUT2D eigenvalue weighted by Crippen LogP contribution is 2.46. The number of benzene rings is 7. The quantitative estimate of drug-likeness (QED) is 0.185. The van der Waals surface area contributed by atoms with Crippen LogP contribution in [-0.4, -0.2) is 19.5 Å². The van der Waals surface area contributed by atoms with E-state index in [2.05, 4.69) is 150 Å². The third-order valence-corrected chi connectivity index (χ3v) is 10.7. The van der Waals surface area contributed by atoms with Crippen molar-refractivity contribution in [3.63, 3.8) is 0 Å². The van der Waals surface area contributed by atoms with Crippen LogP contribution < -0.4 is 0 Å². The number of hydrogen-bond donors (Lipinski definition) is 0. The number of para-hydroxylation sites is 2. The van der Waals surface area contributed by atoms with Crippen molar-refractivity contribution in [1.82, 2.24) is 19.5 Å². The maximum atomic E-state index is 5.24. The third-order valence-electron chi connectivity index (χ3n) is 9.48. The summed E-state index contributed by atoms with van der Waals surface area (Å²) in [6, 6.07) is 59.4. The van der Waals surface area contributed by atoms with Gasteiger partial charge in [-0.2, -0.15) is 0 Å². The third kappa shape index (κ3) is 4.55. The summed E-state index contributed by atoms with van der Waals surface area (Å²) in [5, 5.41) is 4.96. The molecule has 0 radical (unpaired) electrons. The van der Waals surface area contributed by atoms with Gasteiger partial charge < -0.3 is 4.57 Å². The second-order valence-electron chi connectivity index (χ2n) is 12.4. The number of thiophene rings is 1. The van der Waals surface area contributed by atoms with Crippen LogP contribution in [0, 0.1) is 0 Å². The lowest BCUT2D eigenvalue weighted by atomic mass is 9.99. The van der Waals surface area contributed by atoms with Crippen molar-refractivity contribution in [3.8, 4) is 51.0 Å². The van der Waals surface area contributed by atoms with Gasteiger partial charge in [0.2, 0.25) is 0 Å². The van der Waals surface area contributed by atoms with Gasteiger partial charge in [-0.1, -0.05) is 140 Å². The molecule has 4 nitrogen and oxygen atoms in total. The molecule has 0 aliphatic carbocycles. The molecular weight excluding hydrogens is 629 g/mol. The van der Waals surface area contributed by atoms with E-state index in [1.165, 1.54) is 42.0 Å². The molecule has 0 aliphatic heterocycles. The summed E-state index contributed by atoms with van der Waals surface area (Å²) in [4.78, 5) is 15.5. The molecule has 7 aromatic carbocycles. The first kappa shape index (κ1) is 28.6. The minimum Gasteiger partial charge on any atom is -0.309 e. The zero-order valence-corrected chi connectivity index (χ0v) is 27.7. The Hall–Kier alpha value is -6.43. The summed E-state index contributed by atoms with van der Waals surface area (Å²) in [7, 11) is 0. The van der Waals surface area contributed by atoms with Gasteiger partial charge in [0.15, 0.2) is 17.5 Å². The topological polar surface area (TPSA) is 43.6 Å². The average Bonchev–Trinajstić information content (AvgIpc) is 3.75. The molecule has 0 saturated carbocycles. The number of aromatic nitrogens is 4. The molecule has 10 aromatic rings. The van der Waals surface area contributed by atoms with E-state index in [1.54, 1.807) is 0 Å². The molecule has 0 atom stereocenters. The summed E-state index contributed by atoms with van der Waals surface area (Å²) in [5.41, 5.74) is 8.68.